The fourth-order valence-electron chi connectivity index (χ4n) is 1.33. The van der Waals surface area contributed by atoms with Gasteiger partial charge in [-0.2, -0.15) is 0 Å². The van der Waals surface area contributed by atoms with Crippen LogP contribution in [-0.2, 0) is 0 Å². The number of hydrogen-bond acceptors (Lipinski definition) is 1. The van der Waals surface area contributed by atoms with E-state index < -0.39 is 5.34 Å². The van der Waals surface area contributed by atoms with Crippen LogP contribution in [0.15, 0.2) is 0 Å². The maximum atomic E-state index is 9.88. The summed E-state index contributed by atoms with van der Waals surface area (Å²) >= 11 is 0. The fourth-order valence-corrected chi connectivity index (χ4v) is 1.79. The summed E-state index contributed by atoms with van der Waals surface area (Å²) in [5.74, 6) is 0.400. The molecule has 0 bridgehead atoms. The van der Waals surface area contributed by atoms with Crippen molar-refractivity contribution in [2.75, 3.05) is 0 Å². The van der Waals surface area contributed by atoms with Crippen molar-refractivity contribution in [3.63, 3.8) is 0 Å². The molecule has 0 aromatic heterocycles. The van der Waals surface area contributed by atoms with Crippen molar-refractivity contribution in [1.29, 1.82) is 0 Å². The van der Waals surface area contributed by atoms with Crippen LogP contribution in [0, 0.1) is 5.92 Å². The molecule has 0 aromatic carbocycles. The molecule has 0 saturated carbocycles. The topological polar surface area (TPSA) is 20.2 Å². The van der Waals surface area contributed by atoms with Gasteiger partial charge in [0.05, 0.1) is 5.34 Å². The first-order valence-electron chi connectivity index (χ1n) is 4.55. The van der Waals surface area contributed by atoms with Crippen LogP contribution in [0.2, 0.25) is 0 Å². The molecule has 3 unspecified atom stereocenters. The van der Waals surface area contributed by atoms with E-state index in [9.17, 15) is 5.11 Å². The number of rotatable bonds is 5. The minimum atomic E-state index is -0.523. The van der Waals surface area contributed by atoms with Crippen LogP contribution in [0.3, 0.4) is 0 Å². The standard InChI is InChI=1S/C9H21OP/c1-4-6-8(3)9(10,11)7-5-2/h8,10H,4-7,11H2,1-3H3. The molecule has 2 heteroatoms. The molecule has 0 fully saturated rings. The van der Waals surface area contributed by atoms with Gasteiger partial charge in [-0.25, -0.2) is 0 Å². The lowest BCUT2D eigenvalue weighted by atomic mass is 9.95. The second kappa shape index (κ2) is 5.11. The van der Waals surface area contributed by atoms with Crippen LogP contribution < -0.4 is 0 Å². The maximum Gasteiger partial charge on any atom is 0.0803 e. The highest BCUT2D eigenvalue weighted by atomic mass is 31.0. The molecule has 0 spiro atoms. The van der Waals surface area contributed by atoms with Crippen molar-refractivity contribution in [2.24, 2.45) is 5.92 Å². The Balaban J connectivity index is 3.83. The Labute approximate surface area is 72.8 Å². The van der Waals surface area contributed by atoms with Gasteiger partial charge in [0.2, 0.25) is 0 Å². The summed E-state index contributed by atoms with van der Waals surface area (Å²) in [6, 6.07) is 0. The molecular formula is C9H21OP. The minimum Gasteiger partial charge on any atom is -0.386 e. The van der Waals surface area contributed by atoms with Crippen molar-refractivity contribution in [2.45, 2.75) is 51.8 Å². The van der Waals surface area contributed by atoms with Gasteiger partial charge in [0, 0.05) is 0 Å². The molecule has 0 radical (unpaired) electrons. The van der Waals surface area contributed by atoms with E-state index in [1.54, 1.807) is 0 Å². The van der Waals surface area contributed by atoms with Gasteiger partial charge in [-0.3, -0.25) is 0 Å². The van der Waals surface area contributed by atoms with Gasteiger partial charge in [-0.05, 0) is 18.8 Å². The Hall–Kier alpha value is 0.390. The van der Waals surface area contributed by atoms with E-state index >= 15 is 0 Å². The van der Waals surface area contributed by atoms with Crippen LogP contribution in [0.4, 0.5) is 0 Å². The Morgan fingerprint density at radius 2 is 1.91 bits per heavy atom. The summed E-state index contributed by atoms with van der Waals surface area (Å²) in [4.78, 5) is 0. The first-order chi connectivity index (χ1) is 5.04. The lowest BCUT2D eigenvalue weighted by Gasteiger charge is -2.29. The first kappa shape index (κ1) is 11.4. The first-order valence-corrected chi connectivity index (χ1v) is 5.13. The zero-order valence-electron chi connectivity index (χ0n) is 7.93. The zero-order chi connectivity index (χ0) is 8.91. The van der Waals surface area contributed by atoms with E-state index in [1.807, 2.05) is 0 Å². The normalized spacial score (nSPS) is 19.4. The molecule has 0 heterocycles. The third-order valence-electron chi connectivity index (χ3n) is 2.23. The van der Waals surface area contributed by atoms with Crippen molar-refractivity contribution in [1.82, 2.24) is 0 Å². The van der Waals surface area contributed by atoms with E-state index in [4.69, 9.17) is 0 Å². The molecule has 0 aliphatic heterocycles. The zero-order valence-corrected chi connectivity index (χ0v) is 9.09. The highest BCUT2D eigenvalue weighted by Gasteiger charge is 2.26. The summed E-state index contributed by atoms with van der Waals surface area (Å²) < 4.78 is 0. The van der Waals surface area contributed by atoms with Gasteiger partial charge < -0.3 is 5.11 Å². The quantitative estimate of drug-likeness (QED) is 0.638. The summed E-state index contributed by atoms with van der Waals surface area (Å²) in [5.41, 5.74) is 0. The van der Waals surface area contributed by atoms with Gasteiger partial charge >= 0.3 is 0 Å². The SMILES string of the molecule is CCCC(C)C(O)(P)CCC. The summed E-state index contributed by atoms with van der Waals surface area (Å²) in [5, 5.41) is 9.35. The van der Waals surface area contributed by atoms with E-state index in [-0.39, 0.29) is 0 Å². The third kappa shape index (κ3) is 4.08. The summed E-state index contributed by atoms with van der Waals surface area (Å²) in [6.07, 6.45) is 4.20. The molecule has 0 aliphatic rings. The molecule has 68 valence electrons. The van der Waals surface area contributed by atoms with Crippen LogP contribution >= 0.6 is 9.24 Å². The van der Waals surface area contributed by atoms with E-state index in [0.29, 0.717) is 5.92 Å². The van der Waals surface area contributed by atoms with Crippen LogP contribution in [0.1, 0.15) is 46.5 Å². The Morgan fingerprint density at radius 1 is 1.36 bits per heavy atom. The van der Waals surface area contributed by atoms with Crippen molar-refractivity contribution in [3.8, 4) is 0 Å². The highest BCUT2D eigenvalue weighted by molar-refractivity contribution is 7.18. The van der Waals surface area contributed by atoms with E-state index in [2.05, 4.69) is 30.0 Å². The minimum absolute atomic E-state index is 0.400. The molecule has 1 nitrogen and oxygen atoms in total. The van der Waals surface area contributed by atoms with Crippen molar-refractivity contribution < 1.29 is 5.11 Å². The second-order valence-electron chi connectivity index (χ2n) is 3.43. The van der Waals surface area contributed by atoms with Gasteiger partial charge in [-0.15, -0.1) is 9.24 Å². The van der Waals surface area contributed by atoms with E-state index in [1.165, 1.54) is 0 Å². The molecule has 3 atom stereocenters. The Bertz CT molecular complexity index is 102. The highest BCUT2D eigenvalue weighted by Crippen LogP contribution is 2.32. The fraction of sp³-hybridized carbons (Fsp3) is 1.00. The monoisotopic (exact) mass is 176 g/mol. The predicted octanol–water partition coefficient (Wildman–Crippen LogP) is 2.79. The molecule has 0 aromatic rings. The van der Waals surface area contributed by atoms with Crippen molar-refractivity contribution in [3.05, 3.63) is 0 Å². The number of aliphatic hydroxyl groups is 1. The van der Waals surface area contributed by atoms with Crippen LogP contribution in [0.5, 0.6) is 0 Å². The Morgan fingerprint density at radius 3 is 2.27 bits per heavy atom. The number of hydrogen-bond donors (Lipinski definition) is 1. The summed E-state index contributed by atoms with van der Waals surface area (Å²) in [7, 11) is 2.58. The molecule has 11 heavy (non-hydrogen) atoms. The lowest BCUT2D eigenvalue weighted by molar-refractivity contribution is 0.0648. The average molecular weight is 176 g/mol. The largest absolute Gasteiger partial charge is 0.386 e. The molecule has 0 rings (SSSR count). The molecular weight excluding hydrogens is 155 g/mol. The van der Waals surface area contributed by atoms with Gasteiger partial charge in [0.1, 0.15) is 0 Å². The van der Waals surface area contributed by atoms with Crippen LogP contribution in [0.25, 0.3) is 0 Å². The molecule has 0 saturated heterocycles. The molecule has 1 N–H and O–H groups in total. The third-order valence-corrected chi connectivity index (χ3v) is 3.08. The van der Waals surface area contributed by atoms with Crippen molar-refractivity contribution >= 4 is 9.24 Å². The van der Waals surface area contributed by atoms with E-state index in [0.717, 1.165) is 25.7 Å². The average Bonchev–Trinajstić information content (AvgIpc) is 1.88. The summed E-state index contributed by atoms with van der Waals surface area (Å²) in [6.45, 7) is 6.38. The lowest BCUT2D eigenvalue weighted by Crippen LogP contribution is -2.28. The second-order valence-corrected chi connectivity index (χ2v) is 4.43. The van der Waals surface area contributed by atoms with Crippen LogP contribution in [-0.4, -0.2) is 10.4 Å². The smallest absolute Gasteiger partial charge is 0.0803 e. The van der Waals surface area contributed by atoms with Gasteiger partial charge in [-0.1, -0.05) is 33.6 Å². The van der Waals surface area contributed by atoms with Gasteiger partial charge in [0.15, 0.2) is 0 Å². The maximum absolute atomic E-state index is 9.88. The molecule has 0 aliphatic carbocycles. The predicted molar refractivity (Wildman–Crippen MR) is 53.6 cm³/mol. The molecule has 0 amide bonds. The van der Waals surface area contributed by atoms with Gasteiger partial charge in [0.25, 0.3) is 0 Å². The Kier molecular flexibility index (Phi) is 5.29.